The van der Waals surface area contributed by atoms with E-state index in [9.17, 15) is 29.1 Å². The van der Waals surface area contributed by atoms with E-state index >= 15 is 0 Å². The Morgan fingerprint density at radius 2 is 1.77 bits per heavy atom. The number of primary amides is 1. The molecule has 11 heteroatoms. The van der Waals surface area contributed by atoms with Gasteiger partial charge in [-0.05, 0) is 18.4 Å². The summed E-state index contributed by atoms with van der Waals surface area (Å²) in [6, 6.07) is 5.49. The van der Waals surface area contributed by atoms with E-state index in [1.807, 2.05) is 0 Å². The average molecular weight is 433 g/mol. The molecule has 0 bridgehead atoms. The second-order valence-electron chi connectivity index (χ2n) is 7.27. The molecule has 31 heavy (non-hydrogen) atoms. The molecule has 2 rings (SSSR count). The Labute approximate surface area is 179 Å². The van der Waals surface area contributed by atoms with Gasteiger partial charge in [-0.3, -0.25) is 19.2 Å². The molecule has 0 radical (unpaired) electrons. The van der Waals surface area contributed by atoms with Gasteiger partial charge < -0.3 is 32.1 Å². The van der Waals surface area contributed by atoms with Gasteiger partial charge in [-0.2, -0.15) is 0 Å². The van der Waals surface area contributed by atoms with Crippen molar-refractivity contribution < 1.29 is 29.1 Å². The second-order valence-corrected chi connectivity index (χ2v) is 7.27. The van der Waals surface area contributed by atoms with E-state index < -0.39 is 54.1 Å². The Hall–Kier alpha value is -3.47. The van der Waals surface area contributed by atoms with E-state index in [1.54, 1.807) is 30.3 Å². The van der Waals surface area contributed by atoms with Crippen LogP contribution in [-0.4, -0.2) is 70.8 Å². The van der Waals surface area contributed by atoms with Crippen molar-refractivity contribution in [2.45, 2.75) is 43.8 Å². The van der Waals surface area contributed by atoms with Crippen molar-refractivity contribution in [3.8, 4) is 0 Å². The topological polar surface area (TPSA) is 185 Å². The van der Waals surface area contributed by atoms with Crippen LogP contribution in [0.2, 0.25) is 0 Å². The van der Waals surface area contributed by atoms with Gasteiger partial charge in [0.1, 0.15) is 18.1 Å². The molecule has 1 aliphatic heterocycles. The third-order valence-electron chi connectivity index (χ3n) is 4.96. The van der Waals surface area contributed by atoms with Gasteiger partial charge in [0.25, 0.3) is 0 Å². The van der Waals surface area contributed by atoms with E-state index in [0.717, 1.165) is 5.56 Å². The first kappa shape index (κ1) is 23.8. The Morgan fingerprint density at radius 3 is 2.35 bits per heavy atom. The number of benzene rings is 1. The van der Waals surface area contributed by atoms with Gasteiger partial charge >= 0.3 is 5.97 Å². The van der Waals surface area contributed by atoms with Crippen LogP contribution >= 0.6 is 0 Å². The Balaban J connectivity index is 2.11. The van der Waals surface area contributed by atoms with E-state index in [2.05, 4.69) is 10.6 Å². The zero-order valence-electron chi connectivity index (χ0n) is 17.0. The lowest BCUT2D eigenvalue weighted by Crippen LogP contribution is -2.56. The number of carboxylic acid groups (broad SMARTS) is 1. The summed E-state index contributed by atoms with van der Waals surface area (Å²) in [5.74, 6) is -3.90. The minimum Gasteiger partial charge on any atom is -0.480 e. The van der Waals surface area contributed by atoms with Gasteiger partial charge in [0.15, 0.2) is 0 Å². The quantitative estimate of drug-likeness (QED) is 0.285. The first-order valence-electron chi connectivity index (χ1n) is 9.88. The number of aliphatic carboxylic acids is 1. The lowest BCUT2D eigenvalue weighted by atomic mass is 10.0. The zero-order chi connectivity index (χ0) is 23.0. The molecule has 0 saturated carbocycles. The molecule has 0 aliphatic carbocycles. The maximum absolute atomic E-state index is 12.9. The van der Waals surface area contributed by atoms with Gasteiger partial charge in [-0.25, -0.2) is 4.79 Å². The summed E-state index contributed by atoms with van der Waals surface area (Å²) in [4.78, 5) is 61.6. The standard InChI is InChI=1S/C20H27N5O6/c21-11-17(27)23-13(10-16(22)26)19(29)25-8-4-7-15(25)18(28)24-14(20(30)31)9-12-5-2-1-3-6-12/h1-3,5-6,13-15H,4,7-11,21H2,(H2,22,26)(H,23,27)(H,24,28)(H,30,31). The number of amides is 4. The molecular weight excluding hydrogens is 406 g/mol. The zero-order valence-corrected chi connectivity index (χ0v) is 17.0. The Morgan fingerprint density at radius 1 is 1.10 bits per heavy atom. The third-order valence-corrected chi connectivity index (χ3v) is 4.96. The molecule has 1 saturated heterocycles. The van der Waals surface area contributed by atoms with Gasteiger partial charge in [0, 0.05) is 13.0 Å². The number of carbonyl (C=O) groups is 5. The summed E-state index contributed by atoms with van der Waals surface area (Å²) in [5, 5.41) is 14.3. The SMILES string of the molecule is NCC(=O)NC(CC(N)=O)C(=O)N1CCCC1C(=O)NC(Cc1ccccc1)C(=O)O. The highest BCUT2D eigenvalue weighted by atomic mass is 16.4. The van der Waals surface area contributed by atoms with Crippen molar-refractivity contribution >= 4 is 29.6 Å². The van der Waals surface area contributed by atoms with Crippen LogP contribution in [0.4, 0.5) is 0 Å². The summed E-state index contributed by atoms with van der Waals surface area (Å²) in [6.45, 7) is -0.159. The predicted octanol–water partition coefficient (Wildman–Crippen LogP) is -1.89. The van der Waals surface area contributed by atoms with Gasteiger partial charge in [-0.15, -0.1) is 0 Å². The molecule has 0 spiro atoms. The van der Waals surface area contributed by atoms with Crippen LogP contribution < -0.4 is 22.1 Å². The monoisotopic (exact) mass is 433 g/mol. The predicted molar refractivity (Wildman–Crippen MR) is 109 cm³/mol. The largest absolute Gasteiger partial charge is 0.480 e. The Kier molecular flexibility index (Phi) is 8.50. The van der Waals surface area contributed by atoms with Gasteiger partial charge in [0.2, 0.25) is 23.6 Å². The number of nitrogens with two attached hydrogens (primary N) is 2. The van der Waals surface area contributed by atoms with Gasteiger partial charge in [-0.1, -0.05) is 30.3 Å². The van der Waals surface area contributed by atoms with Crippen LogP contribution in [0, 0.1) is 0 Å². The van der Waals surface area contributed by atoms with Crippen molar-refractivity contribution in [3.05, 3.63) is 35.9 Å². The Bertz CT molecular complexity index is 831. The minimum atomic E-state index is -1.25. The number of rotatable bonds is 10. The minimum absolute atomic E-state index is 0.0828. The molecule has 1 aliphatic rings. The number of carboxylic acids is 1. The molecule has 0 aromatic heterocycles. The van der Waals surface area contributed by atoms with Crippen molar-refractivity contribution in [1.82, 2.24) is 15.5 Å². The maximum atomic E-state index is 12.9. The van der Waals surface area contributed by atoms with E-state index in [4.69, 9.17) is 11.5 Å². The fraction of sp³-hybridized carbons (Fsp3) is 0.450. The van der Waals surface area contributed by atoms with E-state index in [1.165, 1.54) is 4.90 Å². The molecule has 1 heterocycles. The van der Waals surface area contributed by atoms with Crippen molar-refractivity contribution in [3.63, 3.8) is 0 Å². The highest BCUT2D eigenvalue weighted by molar-refractivity contribution is 5.96. The molecule has 1 fully saturated rings. The van der Waals surface area contributed by atoms with Crippen LogP contribution in [0.1, 0.15) is 24.8 Å². The van der Waals surface area contributed by atoms with Gasteiger partial charge in [0.05, 0.1) is 13.0 Å². The number of hydrogen-bond donors (Lipinski definition) is 5. The van der Waals surface area contributed by atoms with E-state index in [-0.39, 0.29) is 19.5 Å². The molecule has 11 nitrogen and oxygen atoms in total. The van der Waals surface area contributed by atoms with Crippen molar-refractivity contribution in [2.75, 3.05) is 13.1 Å². The number of nitrogens with zero attached hydrogens (tertiary/aromatic N) is 1. The summed E-state index contributed by atoms with van der Waals surface area (Å²) < 4.78 is 0. The summed E-state index contributed by atoms with van der Waals surface area (Å²) in [6.07, 6.45) is 0.471. The summed E-state index contributed by atoms with van der Waals surface area (Å²) in [7, 11) is 0. The summed E-state index contributed by atoms with van der Waals surface area (Å²) >= 11 is 0. The smallest absolute Gasteiger partial charge is 0.326 e. The molecule has 3 unspecified atom stereocenters. The fourth-order valence-electron chi connectivity index (χ4n) is 3.48. The van der Waals surface area contributed by atoms with Crippen LogP contribution in [0.25, 0.3) is 0 Å². The van der Waals surface area contributed by atoms with Crippen LogP contribution in [0.5, 0.6) is 0 Å². The first-order chi connectivity index (χ1) is 14.7. The number of hydrogen-bond acceptors (Lipinski definition) is 6. The molecule has 7 N–H and O–H groups in total. The van der Waals surface area contributed by atoms with Crippen LogP contribution in [-0.2, 0) is 30.4 Å². The molecule has 168 valence electrons. The second kappa shape index (κ2) is 11.1. The molecule has 1 aromatic carbocycles. The third kappa shape index (κ3) is 6.78. The van der Waals surface area contributed by atoms with Crippen LogP contribution in [0.15, 0.2) is 30.3 Å². The molecular formula is C20H27N5O6. The summed E-state index contributed by atoms with van der Waals surface area (Å²) in [5.41, 5.74) is 11.2. The number of likely N-dealkylation sites (tertiary alicyclic amines) is 1. The molecule has 1 aromatic rings. The molecule has 3 atom stereocenters. The average Bonchev–Trinajstić information content (AvgIpc) is 3.22. The highest BCUT2D eigenvalue weighted by Crippen LogP contribution is 2.20. The fourth-order valence-corrected chi connectivity index (χ4v) is 3.48. The lowest BCUT2D eigenvalue weighted by Gasteiger charge is -2.29. The lowest BCUT2D eigenvalue weighted by molar-refractivity contribution is -0.145. The maximum Gasteiger partial charge on any atom is 0.326 e. The van der Waals surface area contributed by atoms with Crippen LogP contribution in [0.3, 0.4) is 0 Å². The van der Waals surface area contributed by atoms with E-state index in [0.29, 0.717) is 12.8 Å². The van der Waals surface area contributed by atoms with Crippen molar-refractivity contribution in [1.29, 1.82) is 0 Å². The normalized spacial score (nSPS) is 17.5. The number of nitrogens with one attached hydrogen (secondary N) is 2. The first-order valence-corrected chi connectivity index (χ1v) is 9.88. The highest BCUT2D eigenvalue weighted by Gasteiger charge is 2.39. The van der Waals surface area contributed by atoms with Crippen molar-refractivity contribution in [2.24, 2.45) is 11.5 Å². The molecule has 4 amide bonds. The number of carbonyl (C=O) groups excluding carboxylic acids is 4.